The lowest BCUT2D eigenvalue weighted by Gasteiger charge is -2.31. The number of hydrogen-bond donors (Lipinski definition) is 0. The van der Waals surface area contributed by atoms with E-state index in [1.54, 1.807) is 11.8 Å². The number of rotatable bonds is 3. The zero-order valence-electron chi connectivity index (χ0n) is 9.56. The minimum Gasteiger partial charge on any atom is -0.339 e. The molecule has 1 aliphatic carbocycles. The molecule has 2 atom stereocenters. The van der Waals surface area contributed by atoms with Gasteiger partial charge >= 0.3 is 0 Å². The van der Waals surface area contributed by atoms with Crippen molar-refractivity contribution in [1.82, 2.24) is 0 Å². The predicted molar refractivity (Wildman–Crippen MR) is 64.3 cm³/mol. The summed E-state index contributed by atoms with van der Waals surface area (Å²) >= 11 is 1.60. The van der Waals surface area contributed by atoms with Gasteiger partial charge in [0.1, 0.15) is 12.2 Å². The monoisotopic (exact) mass is 242 g/mol. The summed E-state index contributed by atoms with van der Waals surface area (Å²) < 4.78 is 11.7. The second-order valence-corrected chi connectivity index (χ2v) is 5.08. The third-order valence-electron chi connectivity index (χ3n) is 3.18. The Morgan fingerprint density at radius 3 is 2.50 bits per heavy atom. The van der Waals surface area contributed by atoms with Gasteiger partial charge < -0.3 is 14.3 Å². The molecule has 0 bridgehead atoms. The third kappa shape index (κ3) is 2.50. The summed E-state index contributed by atoms with van der Waals surface area (Å²) in [5.41, 5.74) is 0. The van der Waals surface area contributed by atoms with Crippen molar-refractivity contribution in [1.29, 1.82) is 0 Å². The Balaban J connectivity index is 2.04. The maximum Gasteiger partial charge on any atom is 0.170 e. The summed E-state index contributed by atoms with van der Waals surface area (Å²) in [6.07, 6.45) is 9.47. The van der Waals surface area contributed by atoms with Gasteiger partial charge in [0.25, 0.3) is 0 Å². The number of carbonyl (C=O) groups is 1. The lowest BCUT2D eigenvalue weighted by atomic mass is 9.94. The summed E-state index contributed by atoms with van der Waals surface area (Å²) in [5, 5.41) is 1.95. The first-order chi connectivity index (χ1) is 7.79. The second kappa shape index (κ2) is 5.34. The van der Waals surface area contributed by atoms with Crippen LogP contribution in [0, 0.1) is 0 Å². The van der Waals surface area contributed by atoms with Crippen molar-refractivity contribution < 1.29 is 14.3 Å². The molecule has 2 unspecified atom stereocenters. The fraction of sp³-hybridized carbons (Fsp3) is 0.750. The van der Waals surface area contributed by atoms with Crippen LogP contribution in [-0.2, 0) is 14.3 Å². The minimum absolute atomic E-state index is 0.206. The summed E-state index contributed by atoms with van der Waals surface area (Å²) in [6, 6.07) is 0. The molecular weight excluding hydrogens is 224 g/mol. The van der Waals surface area contributed by atoms with Crippen LogP contribution in [0.25, 0.3) is 0 Å². The minimum atomic E-state index is -0.475. The summed E-state index contributed by atoms with van der Waals surface area (Å²) in [5.74, 6) is -0.475. The molecule has 1 saturated carbocycles. The SMILES string of the molecule is CS/C=C/C1OC2(CCCCC2)OC1C=O. The first-order valence-corrected chi connectivity index (χ1v) is 7.09. The number of hydrogen-bond acceptors (Lipinski definition) is 4. The van der Waals surface area contributed by atoms with Gasteiger partial charge in [0.05, 0.1) is 0 Å². The number of aldehydes is 1. The molecule has 1 aliphatic heterocycles. The molecule has 1 spiro atoms. The van der Waals surface area contributed by atoms with E-state index in [1.165, 1.54) is 6.42 Å². The smallest absolute Gasteiger partial charge is 0.170 e. The largest absolute Gasteiger partial charge is 0.339 e. The van der Waals surface area contributed by atoms with E-state index in [0.29, 0.717) is 0 Å². The van der Waals surface area contributed by atoms with Crippen molar-refractivity contribution in [2.45, 2.75) is 50.1 Å². The molecule has 0 N–H and O–H groups in total. The molecule has 4 heteroatoms. The average molecular weight is 242 g/mol. The van der Waals surface area contributed by atoms with E-state index in [4.69, 9.17) is 9.47 Å². The van der Waals surface area contributed by atoms with Gasteiger partial charge in [-0.15, -0.1) is 11.8 Å². The van der Waals surface area contributed by atoms with Crippen molar-refractivity contribution in [2.75, 3.05) is 6.26 Å². The maximum absolute atomic E-state index is 11.0. The highest BCUT2D eigenvalue weighted by Crippen LogP contribution is 2.40. The van der Waals surface area contributed by atoms with Crippen LogP contribution in [0.3, 0.4) is 0 Å². The molecule has 1 heterocycles. The maximum atomic E-state index is 11.0. The highest BCUT2D eigenvalue weighted by Gasteiger charge is 2.46. The first-order valence-electron chi connectivity index (χ1n) is 5.80. The summed E-state index contributed by atoms with van der Waals surface area (Å²) in [6.45, 7) is 0. The van der Waals surface area contributed by atoms with E-state index < -0.39 is 11.9 Å². The van der Waals surface area contributed by atoms with E-state index in [-0.39, 0.29) is 6.10 Å². The van der Waals surface area contributed by atoms with Gasteiger partial charge in [0.2, 0.25) is 0 Å². The van der Waals surface area contributed by atoms with Crippen molar-refractivity contribution in [2.24, 2.45) is 0 Å². The Hall–Kier alpha value is -0.320. The molecule has 90 valence electrons. The second-order valence-electron chi connectivity index (χ2n) is 4.34. The van der Waals surface area contributed by atoms with Crippen LogP contribution in [0.4, 0.5) is 0 Å². The molecule has 16 heavy (non-hydrogen) atoms. The summed E-state index contributed by atoms with van der Waals surface area (Å²) in [4.78, 5) is 11.0. The molecular formula is C12H18O3S. The van der Waals surface area contributed by atoms with Gasteiger partial charge in [-0.25, -0.2) is 0 Å². The van der Waals surface area contributed by atoms with E-state index >= 15 is 0 Å². The summed E-state index contributed by atoms with van der Waals surface area (Å²) in [7, 11) is 0. The lowest BCUT2D eigenvalue weighted by molar-refractivity contribution is -0.190. The fourth-order valence-corrected chi connectivity index (χ4v) is 2.71. The number of thioether (sulfide) groups is 1. The van der Waals surface area contributed by atoms with Crippen molar-refractivity contribution in [3.05, 3.63) is 11.5 Å². The van der Waals surface area contributed by atoms with Gasteiger partial charge in [-0.05, 0) is 30.6 Å². The van der Waals surface area contributed by atoms with E-state index in [0.717, 1.165) is 32.0 Å². The quantitative estimate of drug-likeness (QED) is 0.712. The molecule has 2 aliphatic rings. The zero-order chi connectivity index (χ0) is 11.4. The molecule has 0 aromatic carbocycles. The Morgan fingerprint density at radius 1 is 1.19 bits per heavy atom. The molecule has 0 radical (unpaired) electrons. The molecule has 0 amide bonds. The topological polar surface area (TPSA) is 35.5 Å². The average Bonchev–Trinajstić information content (AvgIpc) is 2.65. The van der Waals surface area contributed by atoms with Gasteiger partial charge in [0.15, 0.2) is 12.1 Å². The van der Waals surface area contributed by atoms with E-state index in [2.05, 4.69) is 0 Å². The highest BCUT2D eigenvalue weighted by molar-refractivity contribution is 8.01. The van der Waals surface area contributed by atoms with E-state index in [1.807, 2.05) is 17.7 Å². The first kappa shape index (κ1) is 12.1. The molecule has 1 saturated heterocycles. The standard InChI is InChI=1S/C12H18O3S/c1-16-8-5-10-11(9-13)15-12(14-10)6-3-2-4-7-12/h5,8-11H,2-4,6-7H2,1H3/b8-5+. The van der Waals surface area contributed by atoms with E-state index in [9.17, 15) is 4.79 Å². The Labute approximate surface area is 101 Å². The molecule has 0 aromatic rings. The molecule has 3 nitrogen and oxygen atoms in total. The Kier molecular flexibility index (Phi) is 4.05. The van der Waals surface area contributed by atoms with Crippen LogP contribution in [0.15, 0.2) is 11.5 Å². The van der Waals surface area contributed by atoms with Gasteiger partial charge in [-0.2, -0.15) is 0 Å². The Morgan fingerprint density at radius 2 is 1.88 bits per heavy atom. The van der Waals surface area contributed by atoms with Crippen LogP contribution >= 0.6 is 11.8 Å². The number of carbonyl (C=O) groups excluding carboxylic acids is 1. The van der Waals surface area contributed by atoms with Crippen LogP contribution in [0.5, 0.6) is 0 Å². The molecule has 0 aromatic heterocycles. The van der Waals surface area contributed by atoms with Gasteiger partial charge in [0, 0.05) is 12.8 Å². The molecule has 2 fully saturated rings. The molecule has 2 rings (SSSR count). The van der Waals surface area contributed by atoms with Gasteiger partial charge in [-0.3, -0.25) is 0 Å². The van der Waals surface area contributed by atoms with Crippen molar-refractivity contribution in [3.8, 4) is 0 Å². The van der Waals surface area contributed by atoms with Crippen LogP contribution in [0.2, 0.25) is 0 Å². The lowest BCUT2D eigenvalue weighted by Crippen LogP contribution is -2.33. The number of ether oxygens (including phenoxy) is 2. The zero-order valence-corrected chi connectivity index (χ0v) is 10.4. The fourth-order valence-electron chi connectivity index (χ4n) is 2.39. The highest BCUT2D eigenvalue weighted by atomic mass is 32.2. The predicted octanol–water partition coefficient (Wildman–Crippen LogP) is 2.51. The van der Waals surface area contributed by atoms with Crippen LogP contribution in [-0.4, -0.2) is 30.5 Å². The van der Waals surface area contributed by atoms with Crippen molar-refractivity contribution in [3.63, 3.8) is 0 Å². The van der Waals surface area contributed by atoms with Crippen LogP contribution < -0.4 is 0 Å². The normalized spacial score (nSPS) is 33.6. The third-order valence-corrected chi connectivity index (χ3v) is 3.61. The van der Waals surface area contributed by atoms with Gasteiger partial charge in [-0.1, -0.05) is 6.42 Å². The Bertz CT molecular complexity index is 271. The van der Waals surface area contributed by atoms with Crippen molar-refractivity contribution >= 4 is 18.0 Å². The van der Waals surface area contributed by atoms with Crippen LogP contribution in [0.1, 0.15) is 32.1 Å².